The summed E-state index contributed by atoms with van der Waals surface area (Å²) >= 11 is 0. The van der Waals surface area contributed by atoms with Crippen LogP contribution in [0.1, 0.15) is 22.4 Å². The normalized spacial score (nSPS) is 13.8. The number of nitrogens with one attached hydrogen (secondary N) is 1. The van der Waals surface area contributed by atoms with Crippen molar-refractivity contribution in [2.45, 2.75) is 6.42 Å². The van der Waals surface area contributed by atoms with Gasteiger partial charge in [-0.1, -0.05) is 54.6 Å². The quantitative estimate of drug-likeness (QED) is 0.286. The van der Waals surface area contributed by atoms with Crippen LogP contribution in [0, 0.1) is 17.0 Å². The van der Waals surface area contributed by atoms with Crippen molar-refractivity contribution in [1.29, 1.82) is 5.41 Å². The standard InChI is InChI=1S/C29H23F2N5O/c1-37-26(16-19-8-3-2-4-9-19)35-29(32)24-17-34-25-14-13-20(18-36(24)25)21-10-5-6-15-33-28(21)27-22(30)11-7-12-23(27)31/h2-14,17-18,32H,15-16H2,1H3/b32-29?,35-26-. The van der Waals surface area contributed by atoms with Gasteiger partial charge in [0.2, 0.25) is 0 Å². The number of nitrogens with zero attached hydrogens (tertiary/aromatic N) is 4. The number of aliphatic imine (C=N–C) groups is 2. The average Bonchev–Trinajstić information content (AvgIpc) is 3.19. The fraction of sp³-hybridized carbons (Fsp3) is 0.103. The lowest BCUT2D eigenvalue weighted by Crippen LogP contribution is -2.12. The number of methoxy groups -OCH3 is 1. The maximum Gasteiger partial charge on any atom is 0.194 e. The van der Waals surface area contributed by atoms with Crippen LogP contribution in [0.5, 0.6) is 0 Å². The predicted molar refractivity (Wildman–Crippen MR) is 141 cm³/mol. The largest absolute Gasteiger partial charge is 0.484 e. The highest BCUT2D eigenvalue weighted by Gasteiger charge is 2.21. The first kappa shape index (κ1) is 24.0. The van der Waals surface area contributed by atoms with Crippen LogP contribution in [0.25, 0.3) is 11.2 Å². The molecule has 5 rings (SSSR count). The maximum absolute atomic E-state index is 14.7. The third-order valence-electron chi connectivity index (χ3n) is 5.94. The van der Waals surface area contributed by atoms with Gasteiger partial charge in [0.1, 0.15) is 23.0 Å². The number of fused-ring (bicyclic) bond motifs is 1. The summed E-state index contributed by atoms with van der Waals surface area (Å²) in [4.78, 5) is 13.3. The molecule has 0 saturated carbocycles. The van der Waals surface area contributed by atoms with Crippen LogP contribution < -0.4 is 0 Å². The Balaban J connectivity index is 1.53. The monoisotopic (exact) mass is 495 g/mol. The first-order valence-corrected chi connectivity index (χ1v) is 11.6. The topological polar surface area (TPSA) is 75.1 Å². The van der Waals surface area contributed by atoms with Gasteiger partial charge in [-0.15, -0.1) is 0 Å². The molecule has 2 aromatic heterocycles. The molecule has 0 radical (unpaired) electrons. The molecule has 0 saturated heterocycles. The molecule has 3 heterocycles. The number of pyridine rings is 1. The van der Waals surface area contributed by atoms with Crippen LogP contribution in [-0.2, 0) is 11.2 Å². The van der Waals surface area contributed by atoms with E-state index in [9.17, 15) is 8.78 Å². The Bertz CT molecular complexity index is 1580. The maximum atomic E-state index is 14.7. The van der Waals surface area contributed by atoms with Gasteiger partial charge in [0.25, 0.3) is 0 Å². The summed E-state index contributed by atoms with van der Waals surface area (Å²) in [6.07, 6.45) is 9.18. The number of halogens is 2. The van der Waals surface area contributed by atoms with E-state index in [1.165, 1.54) is 25.3 Å². The number of ether oxygens (including phenoxy) is 1. The summed E-state index contributed by atoms with van der Waals surface area (Å²) in [6.45, 7) is 0.294. The minimum absolute atomic E-state index is 0.0267. The van der Waals surface area contributed by atoms with E-state index in [-0.39, 0.29) is 17.1 Å². The molecule has 6 nitrogen and oxygen atoms in total. The summed E-state index contributed by atoms with van der Waals surface area (Å²) in [6, 6.07) is 17.1. The van der Waals surface area contributed by atoms with Crippen LogP contribution in [0.4, 0.5) is 8.78 Å². The van der Waals surface area contributed by atoms with E-state index in [1.807, 2.05) is 48.6 Å². The van der Waals surface area contributed by atoms with Crippen LogP contribution >= 0.6 is 0 Å². The summed E-state index contributed by atoms with van der Waals surface area (Å²) in [5, 5.41) is 8.63. The van der Waals surface area contributed by atoms with Gasteiger partial charge in [-0.3, -0.25) is 14.8 Å². The van der Waals surface area contributed by atoms with Crippen LogP contribution in [0.15, 0.2) is 101 Å². The molecule has 0 amide bonds. The van der Waals surface area contributed by atoms with Crippen molar-refractivity contribution in [3.8, 4) is 0 Å². The van der Waals surface area contributed by atoms with Crippen molar-refractivity contribution in [3.63, 3.8) is 0 Å². The SMILES string of the molecule is CO/C(Cc1ccccc1)=N\C(=N)c1cnc2ccc(C3=CC=CCN=C3c3c(F)cccc3F)cn12. The molecule has 8 heteroatoms. The average molecular weight is 496 g/mol. The molecule has 0 unspecified atom stereocenters. The highest BCUT2D eigenvalue weighted by Crippen LogP contribution is 2.27. The molecule has 0 fully saturated rings. The molecule has 0 atom stereocenters. The van der Waals surface area contributed by atoms with E-state index < -0.39 is 11.6 Å². The lowest BCUT2D eigenvalue weighted by molar-refractivity contribution is 0.395. The Labute approximate surface area is 212 Å². The number of hydrogen-bond donors (Lipinski definition) is 1. The van der Waals surface area contributed by atoms with Crippen LogP contribution in [0.2, 0.25) is 0 Å². The van der Waals surface area contributed by atoms with Crippen molar-refractivity contribution in [1.82, 2.24) is 9.38 Å². The van der Waals surface area contributed by atoms with Gasteiger partial charge in [-0.2, -0.15) is 4.99 Å². The lowest BCUT2D eigenvalue weighted by Gasteiger charge is -2.13. The molecule has 1 aliphatic rings. The van der Waals surface area contributed by atoms with E-state index in [2.05, 4.69) is 15.0 Å². The zero-order chi connectivity index (χ0) is 25.8. The minimum atomic E-state index is -0.683. The molecule has 1 aliphatic heterocycles. The predicted octanol–water partition coefficient (Wildman–Crippen LogP) is 5.67. The Hall–Kier alpha value is -4.72. The highest BCUT2D eigenvalue weighted by molar-refractivity contribution is 6.32. The molecule has 0 spiro atoms. The number of rotatable bonds is 5. The number of aromatic nitrogens is 2. The Morgan fingerprint density at radius 3 is 2.59 bits per heavy atom. The molecule has 4 aromatic rings. The zero-order valence-corrected chi connectivity index (χ0v) is 20.0. The van der Waals surface area contributed by atoms with Crippen molar-refractivity contribution in [2.24, 2.45) is 9.98 Å². The Kier molecular flexibility index (Phi) is 6.81. The molecule has 0 aliphatic carbocycles. The Morgan fingerprint density at radius 2 is 1.84 bits per heavy atom. The first-order valence-electron chi connectivity index (χ1n) is 11.6. The van der Waals surface area contributed by atoms with Gasteiger partial charge in [0.15, 0.2) is 11.7 Å². The van der Waals surface area contributed by atoms with E-state index in [4.69, 9.17) is 10.1 Å². The highest BCUT2D eigenvalue weighted by atomic mass is 19.1. The summed E-state index contributed by atoms with van der Waals surface area (Å²) in [5.41, 5.74) is 3.31. The molecule has 1 N–H and O–H groups in total. The lowest BCUT2D eigenvalue weighted by atomic mass is 9.95. The van der Waals surface area contributed by atoms with Gasteiger partial charge >= 0.3 is 0 Å². The van der Waals surface area contributed by atoms with Crippen LogP contribution in [-0.4, -0.2) is 40.5 Å². The van der Waals surface area contributed by atoms with Gasteiger partial charge in [-0.05, 0) is 29.8 Å². The second-order valence-electron chi connectivity index (χ2n) is 8.30. The summed E-state index contributed by atoms with van der Waals surface area (Å²) in [7, 11) is 1.52. The molecule has 37 heavy (non-hydrogen) atoms. The van der Waals surface area contributed by atoms with Crippen LogP contribution in [0.3, 0.4) is 0 Å². The van der Waals surface area contributed by atoms with E-state index >= 15 is 0 Å². The van der Waals surface area contributed by atoms with E-state index in [1.54, 1.807) is 28.9 Å². The zero-order valence-electron chi connectivity index (χ0n) is 20.0. The number of imidazole rings is 1. The first-order chi connectivity index (χ1) is 18.0. The second-order valence-corrected chi connectivity index (χ2v) is 8.30. The van der Waals surface area contributed by atoms with Crippen molar-refractivity contribution in [3.05, 3.63) is 125 Å². The Morgan fingerprint density at radius 1 is 1.05 bits per heavy atom. The third kappa shape index (κ3) is 4.99. The number of amidine groups is 1. The van der Waals surface area contributed by atoms with Gasteiger partial charge < -0.3 is 4.74 Å². The number of allylic oxidation sites excluding steroid dienone is 3. The van der Waals surface area contributed by atoms with Crippen molar-refractivity contribution in [2.75, 3.05) is 13.7 Å². The van der Waals surface area contributed by atoms with E-state index in [0.717, 1.165) is 5.56 Å². The van der Waals surface area contributed by atoms with Gasteiger partial charge in [-0.25, -0.2) is 13.8 Å². The van der Waals surface area contributed by atoms with Crippen molar-refractivity contribution >= 4 is 28.7 Å². The van der Waals surface area contributed by atoms with Gasteiger partial charge in [0, 0.05) is 23.8 Å². The molecular formula is C29H23F2N5O. The second kappa shape index (κ2) is 10.5. The molecule has 184 valence electrons. The molecule has 2 aromatic carbocycles. The minimum Gasteiger partial charge on any atom is -0.484 e. The summed E-state index contributed by atoms with van der Waals surface area (Å²) in [5.74, 6) is -1.00. The summed E-state index contributed by atoms with van der Waals surface area (Å²) < 4.78 is 36.6. The fourth-order valence-corrected chi connectivity index (χ4v) is 4.13. The molecular weight excluding hydrogens is 472 g/mol. The molecule has 0 bridgehead atoms. The smallest absolute Gasteiger partial charge is 0.194 e. The fourth-order valence-electron chi connectivity index (χ4n) is 4.13. The van der Waals surface area contributed by atoms with Gasteiger partial charge in [0.05, 0.1) is 31.1 Å². The van der Waals surface area contributed by atoms with Crippen molar-refractivity contribution < 1.29 is 13.5 Å². The number of benzene rings is 2. The van der Waals surface area contributed by atoms with E-state index in [0.29, 0.717) is 41.3 Å². The number of hydrogen-bond acceptors (Lipinski definition) is 4. The third-order valence-corrected chi connectivity index (χ3v) is 5.94.